The van der Waals surface area contributed by atoms with E-state index in [-0.39, 0.29) is 30.4 Å². The van der Waals surface area contributed by atoms with E-state index >= 15 is 0 Å². The van der Waals surface area contributed by atoms with Crippen LogP contribution in [-0.2, 0) is 25.7 Å². The quantitative estimate of drug-likeness (QED) is 0.209. The molecule has 3 unspecified atom stereocenters. The number of ether oxygens (including phenoxy) is 1. The Morgan fingerprint density at radius 2 is 1.81 bits per heavy atom. The van der Waals surface area contributed by atoms with E-state index in [4.69, 9.17) is 4.74 Å². The highest BCUT2D eigenvalue weighted by atomic mass is 16.5. The predicted octanol–water partition coefficient (Wildman–Crippen LogP) is 4.72. The van der Waals surface area contributed by atoms with Gasteiger partial charge in [0.05, 0.1) is 17.4 Å². The fourth-order valence-corrected chi connectivity index (χ4v) is 7.93. The Kier molecular flexibility index (Phi) is 10.9. The molecule has 1 aromatic rings. The van der Waals surface area contributed by atoms with Crippen molar-refractivity contribution in [2.45, 2.75) is 102 Å². The highest BCUT2D eigenvalue weighted by Gasteiger charge is 2.79. The van der Waals surface area contributed by atoms with Crippen LogP contribution in [-0.4, -0.2) is 87.1 Å². The van der Waals surface area contributed by atoms with Gasteiger partial charge in [-0.2, -0.15) is 0 Å². The molecule has 1 spiro atoms. The summed E-state index contributed by atoms with van der Waals surface area (Å²) in [5.41, 5.74) is -0.851. The molecular formula is C35H51N3O5. The van der Waals surface area contributed by atoms with E-state index in [1.54, 1.807) is 22.0 Å². The van der Waals surface area contributed by atoms with Gasteiger partial charge in [0.25, 0.3) is 0 Å². The average molecular weight is 594 g/mol. The van der Waals surface area contributed by atoms with Crippen LogP contribution in [0.4, 0.5) is 0 Å². The van der Waals surface area contributed by atoms with Gasteiger partial charge in [0.1, 0.15) is 11.6 Å². The number of hydrogen-bond donors (Lipinski definition) is 1. The van der Waals surface area contributed by atoms with Gasteiger partial charge in [0.15, 0.2) is 0 Å². The molecule has 8 heteroatoms. The van der Waals surface area contributed by atoms with E-state index in [1.807, 2.05) is 49.1 Å². The van der Waals surface area contributed by atoms with Crippen molar-refractivity contribution in [2.24, 2.45) is 11.8 Å². The van der Waals surface area contributed by atoms with Crippen molar-refractivity contribution in [3.63, 3.8) is 0 Å². The number of amides is 3. The summed E-state index contributed by atoms with van der Waals surface area (Å²) in [6.07, 6.45) is 9.06. The fourth-order valence-electron chi connectivity index (χ4n) is 7.93. The largest absolute Gasteiger partial charge is 0.396 e. The lowest BCUT2D eigenvalue weighted by Crippen LogP contribution is -2.58. The molecule has 2 bridgehead atoms. The Balaban J connectivity index is 1.76. The third-order valence-electron chi connectivity index (χ3n) is 9.96. The van der Waals surface area contributed by atoms with E-state index in [1.165, 1.54) is 0 Å². The highest BCUT2D eigenvalue weighted by Crippen LogP contribution is 2.64. The first-order valence-corrected chi connectivity index (χ1v) is 16.2. The van der Waals surface area contributed by atoms with Crippen LogP contribution in [0.1, 0.15) is 77.7 Å². The minimum Gasteiger partial charge on any atom is -0.396 e. The lowest BCUT2D eigenvalue weighted by Gasteiger charge is -2.39. The molecule has 3 heterocycles. The first-order valence-electron chi connectivity index (χ1n) is 16.2. The molecule has 0 saturated carbocycles. The van der Waals surface area contributed by atoms with Crippen molar-refractivity contribution < 1.29 is 24.2 Å². The van der Waals surface area contributed by atoms with Crippen molar-refractivity contribution in [2.75, 3.05) is 26.2 Å². The predicted molar refractivity (Wildman–Crippen MR) is 168 cm³/mol. The maximum Gasteiger partial charge on any atom is 0.248 e. The van der Waals surface area contributed by atoms with Crippen molar-refractivity contribution >= 4 is 17.7 Å². The number of unbranched alkanes of at least 4 members (excludes halogenated alkanes) is 2. The first kappa shape index (κ1) is 32.9. The smallest absolute Gasteiger partial charge is 0.248 e. The lowest BCUT2D eigenvalue weighted by atomic mass is 9.64. The van der Waals surface area contributed by atoms with E-state index in [2.05, 4.69) is 20.1 Å². The molecule has 4 rings (SSSR count). The summed E-state index contributed by atoms with van der Waals surface area (Å²) in [5, 5.41) is 9.34. The second-order valence-corrected chi connectivity index (χ2v) is 12.6. The Labute approximate surface area is 257 Å². The lowest BCUT2D eigenvalue weighted by molar-refractivity contribution is -0.156. The molecule has 43 heavy (non-hydrogen) atoms. The number of fused-ring (bicyclic) bond motifs is 1. The highest BCUT2D eigenvalue weighted by molar-refractivity contribution is 5.99. The van der Waals surface area contributed by atoms with Gasteiger partial charge in [0, 0.05) is 38.8 Å². The molecule has 1 aromatic carbocycles. The van der Waals surface area contributed by atoms with Crippen LogP contribution in [0.2, 0.25) is 0 Å². The summed E-state index contributed by atoms with van der Waals surface area (Å²) in [6, 6.07) is 9.02. The number of carbonyl (C=O) groups excluding carboxylic acids is 3. The van der Waals surface area contributed by atoms with Crippen LogP contribution in [0.3, 0.4) is 0 Å². The molecular weight excluding hydrogens is 542 g/mol. The minimum absolute atomic E-state index is 0.0255. The maximum absolute atomic E-state index is 14.6. The zero-order chi connectivity index (χ0) is 31.2. The van der Waals surface area contributed by atoms with Gasteiger partial charge in [-0.3, -0.25) is 14.4 Å². The standard InChI is InChI=1S/C35H51N3O5/c1-6-16-26(5)37(22-8-3)33(42)30-35-20-19-34(9-4,43-35)28(29(35)32(41)38(30)23-14-11-15-24-39)31(40)36(21-7-2)25-27-17-12-10-13-18-27/h7-8,10,12-13,17-18,26,28-30,39H,2-3,6,9,11,14-16,19-25H2,1,4-5H3/t26?,28-,29+,30?,34+,35?/m1/s1. The SMILES string of the molecule is C=CCN(Cc1ccccc1)C(=O)[C@H]1[C@H]2C(=O)N(CCCCCO)C(C(=O)N(CC=C)C(C)CCC)C23CC[C@]1(CC)O3. The number of benzene rings is 1. The first-order chi connectivity index (χ1) is 20.7. The van der Waals surface area contributed by atoms with Crippen LogP contribution in [0.15, 0.2) is 55.6 Å². The molecule has 1 N–H and O–H groups in total. The van der Waals surface area contributed by atoms with Crippen molar-refractivity contribution in [1.29, 1.82) is 0 Å². The van der Waals surface area contributed by atoms with Crippen LogP contribution in [0, 0.1) is 11.8 Å². The molecule has 3 aliphatic rings. The number of hydrogen-bond acceptors (Lipinski definition) is 5. The summed E-state index contributed by atoms with van der Waals surface area (Å²) < 4.78 is 7.01. The molecule has 6 atom stereocenters. The Bertz CT molecular complexity index is 1160. The normalized spacial score (nSPS) is 28.0. The summed E-state index contributed by atoms with van der Waals surface area (Å²) in [5.74, 6) is -1.79. The number of carbonyl (C=O) groups is 3. The van der Waals surface area contributed by atoms with E-state index < -0.39 is 29.1 Å². The van der Waals surface area contributed by atoms with Crippen LogP contribution >= 0.6 is 0 Å². The van der Waals surface area contributed by atoms with E-state index in [9.17, 15) is 19.5 Å². The maximum atomic E-state index is 14.6. The fraction of sp³-hybridized carbons (Fsp3) is 0.629. The number of aliphatic hydroxyl groups excluding tert-OH is 1. The van der Waals surface area contributed by atoms with Gasteiger partial charge in [-0.25, -0.2) is 0 Å². The molecule has 0 aliphatic carbocycles. The van der Waals surface area contributed by atoms with Crippen molar-refractivity contribution in [3.8, 4) is 0 Å². The molecule has 0 radical (unpaired) electrons. The molecule has 8 nitrogen and oxygen atoms in total. The average Bonchev–Trinajstić information content (AvgIpc) is 3.61. The zero-order valence-corrected chi connectivity index (χ0v) is 26.4. The van der Waals surface area contributed by atoms with Crippen LogP contribution in [0.5, 0.6) is 0 Å². The van der Waals surface area contributed by atoms with Gasteiger partial charge in [-0.1, -0.05) is 62.8 Å². The second kappa shape index (κ2) is 14.2. The summed E-state index contributed by atoms with van der Waals surface area (Å²) in [6.45, 7) is 15.6. The Morgan fingerprint density at radius 3 is 2.44 bits per heavy atom. The van der Waals surface area contributed by atoms with Gasteiger partial charge in [-0.15, -0.1) is 13.2 Å². The number of likely N-dealkylation sites (tertiary alicyclic amines) is 1. The molecule has 236 valence electrons. The summed E-state index contributed by atoms with van der Waals surface area (Å²) in [7, 11) is 0. The topological polar surface area (TPSA) is 90.4 Å². The third kappa shape index (κ3) is 6.05. The Morgan fingerprint density at radius 1 is 1.09 bits per heavy atom. The zero-order valence-electron chi connectivity index (χ0n) is 26.4. The molecule has 3 saturated heterocycles. The van der Waals surface area contributed by atoms with Crippen LogP contribution in [0.25, 0.3) is 0 Å². The molecule has 3 aliphatic heterocycles. The van der Waals surface area contributed by atoms with Gasteiger partial charge in [-0.05, 0) is 57.4 Å². The van der Waals surface area contributed by atoms with E-state index in [0.29, 0.717) is 58.3 Å². The molecule has 0 aromatic heterocycles. The molecule has 3 amide bonds. The van der Waals surface area contributed by atoms with Gasteiger partial charge in [0.2, 0.25) is 17.7 Å². The van der Waals surface area contributed by atoms with E-state index in [0.717, 1.165) is 24.8 Å². The minimum atomic E-state index is -1.06. The number of nitrogens with zero attached hydrogens (tertiary/aromatic N) is 3. The number of rotatable bonds is 17. The van der Waals surface area contributed by atoms with Crippen molar-refractivity contribution in [3.05, 3.63) is 61.2 Å². The van der Waals surface area contributed by atoms with Gasteiger partial charge < -0.3 is 24.5 Å². The van der Waals surface area contributed by atoms with Crippen molar-refractivity contribution in [1.82, 2.24) is 14.7 Å². The monoisotopic (exact) mass is 593 g/mol. The summed E-state index contributed by atoms with van der Waals surface area (Å²) >= 11 is 0. The molecule has 3 fully saturated rings. The van der Waals surface area contributed by atoms with Gasteiger partial charge >= 0.3 is 0 Å². The van der Waals surface area contributed by atoms with Crippen LogP contribution < -0.4 is 0 Å². The Hall–Kier alpha value is -2.97. The second-order valence-electron chi connectivity index (χ2n) is 12.6. The number of aliphatic hydroxyl groups is 1. The third-order valence-corrected chi connectivity index (χ3v) is 9.96. The summed E-state index contributed by atoms with van der Waals surface area (Å²) in [4.78, 5) is 49.1.